The van der Waals surface area contributed by atoms with Gasteiger partial charge in [-0.25, -0.2) is 8.42 Å². The smallest absolute Gasteiger partial charge is 0.263 e. The molecular weight excluding hydrogens is 448 g/mol. The zero-order valence-electron chi connectivity index (χ0n) is 18.3. The molecule has 2 N–H and O–H groups in total. The molecule has 0 spiro atoms. The maximum absolute atomic E-state index is 13.0. The second kappa shape index (κ2) is 9.63. The van der Waals surface area contributed by atoms with Crippen molar-refractivity contribution in [3.8, 4) is 5.75 Å². The number of sulfonamides is 1. The number of hydrogen-bond acceptors (Lipinski definition) is 4. The molecule has 168 valence electrons. The number of aryl methyl sites for hydroxylation is 2. The lowest BCUT2D eigenvalue weighted by Gasteiger charge is -2.18. The number of halogens is 1. The van der Waals surface area contributed by atoms with Gasteiger partial charge in [-0.2, -0.15) is 0 Å². The van der Waals surface area contributed by atoms with Crippen LogP contribution in [0.3, 0.4) is 0 Å². The number of anilines is 1. The third-order valence-corrected chi connectivity index (χ3v) is 6.92. The number of ether oxygens (including phenoxy) is 1. The van der Waals surface area contributed by atoms with Gasteiger partial charge in [-0.15, -0.1) is 0 Å². The maximum Gasteiger partial charge on any atom is 0.263 e. The van der Waals surface area contributed by atoms with Gasteiger partial charge < -0.3 is 10.1 Å². The maximum atomic E-state index is 13.0. The lowest BCUT2D eigenvalue weighted by molar-refractivity contribution is 0.0939. The summed E-state index contributed by atoms with van der Waals surface area (Å²) in [6.07, 6.45) is 0. The Morgan fingerprint density at radius 1 is 1.03 bits per heavy atom. The number of carbonyl (C=O) groups excluding carboxylic acids is 1. The van der Waals surface area contributed by atoms with E-state index in [4.69, 9.17) is 16.3 Å². The fourth-order valence-electron chi connectivity index (χ4n) is 3.28. The summed E-state index contributed by atoms with van der Waals surface area (Å²) in [4.78, 5) is 12.7. The summed E-state index contributed by atoms with van der Waals surface area (Å²) in [7, 11) is -2.45. The highest BCUT2D eigenvalue weighted by Crippen LogP contribution is 2.28. The average molecular weight is 473 g/mol. The van der Waals surface area contributed by atoms with Crippen molar-refractivity contribution in [3.63, 3.8) is 0 Å². The van der Waals surface area contributed by atoms with E-state index in [9.17, 15) is 13.2 Å². The standard InChI is InChI=1S/C24H25ClN2O4S/c1-15-9-10-16(2)21(13-15)27-32(29,30)23-14-18(11-12-20(23)25)24(28)26-17(3)19-7-5-6-8-22(19)31-4/h5-14,17,27H,1-4H3,(H,26,28). The molecule has 8 heteroatoms. The van der Waals surface area contributed by atoms with Gasteiger partial charge in [0, 0.05) is 11.1 Å². The van der Waals surface area contributed by atoms with Crippen molar-refractivity contribution in [1.82, 2.24) is 5.32 Å². The Balaban J connectivity index is 1.87. The fourth-order valence-corrected chi connectivity index (χ4v) is 4.93. The van der Waals surface area contributed by atoms with Gasteiger partial charge in [0.1, 0.15) is 10.6 Å². The molecule has 0 saturated heterocycles. The molecule has 0 bridgehead atoms. The largest absolute Gasteiger partial charge is 0.496 e. The lowest BCUT2D eigenvalue weighted by atomic mass is 10.1. The van der Waals surface area contributed by atoms with Crippen LogP contribution in [0, 0.1) is 13.8 Å². The van der Waals surface area contributed by atoms with Crippen LogP contribution in [0.15, 0.2) is 65.6 Å². The number of carbonyl (C=O) groups is 1. The Morgan fingerprint density at radius 3 is 2.47 bits per heavy atom. The zero-order chi connectivity index (χ0) is 23.5. The monoisotopic (exact) mass is 472 g/mol. The van der Waals surface area contributed by atoms with Crippen LogP contribution in [-0.4, -0.2) is 21.4 Å². The van der Waals surface area contributed by atoms with E-state index in [0.29, 0.717) is 11.4 Å². The molecule has 3 aromatic rings. The normalized spacial score (nSPS) is 12.2. The first-order valence-corrected chi connectivity index (χ1v) is 11.8. The summed E-state index contributed by atoms with van der Waals surface area (Å²) < 4.78 is 34.0. The van der Waals surface area contributed by atoms with Crippen LogP contribution in [0.2, 0.25) is 5.02 Å². The highest BCUT2D eigenvalue weighted by molar-refractivity contribution is 7.92. The molecule has 6 nitrogen and oxygen atoms in total. The number of nitrogens with one attached hydrogen (secondary N) is 2. The molecule has 0 aromatic heterocycles. The van der Waals surface area contributed by atoms with E-state index < -0.39 is 15.9 Å². The molecule has 0 fully saturated rings. The van der Waals surface area contributed by atoms with Crippen molar-refractivity contribution >= 4 is 33.2 Å². The number of benzene rings is 3. The molecule has 0 heterocycles. The quantitative estimate of drug-likeness (QED) is 0.491. The van der Waals surface area contributed by atoms with Gasteiger partial charge >= 0.3 is 0 Å². The number of rotatable bonds is 7. The van der Waals surface area contributed by atoms with E-state index in [-0.39, 0.29) is 21.5 Å². The Hall–Kier alpha value is -3.03. The first-order chi connectivity index (χ1) is 15.1. The molecule has 0 radical (unpaired) electrons. The highest BCUT2D eigenvalue weighted by atomic mass is 35.5. The Labute approximate surface area is 193 Å². The molecule has 32 heavy (non-hydrogen) atoms. The summed E-state index contributed by atoms with van der Waals surface area (Å²) in [6, 6.07) is 16.6. The van der Waals surface area contributed by atoms with Crippen LogP contribution >= 0.6 is 11.6 Å². The minimum absolute atomic E-state index is 0.0251. The predicted octanol–water partition coefficient (Wildman–Crippen LogP) is 5.26. The average Bonchev–Trinajstić information content (AvgIpc) is 2.76. The second-order valence-electron chi connectivity index (χ2n) is 7.51. The van der Waals surface area contributed by atoms with Gasteiger partial charge in [0.05, 0.1) is 23.9 Å². The van der Waals surface area contributed by atoms with Gasteiger partial charge in [0.25, 0.3) is 15.9 Å². The summed E-state index contributed by atoms with van der Waals surface area (Å²) in [5.74, 6) is 0.223. The summed E-state index contributed by atoms with van der Waals surface area (Å²) in [5.41, 5.74) is 3.13. The van der Waals surface area contributed by atoms with Crippen LogP contribution in [-0.2, 0) is 10.0 Å². The van der Waals surface area contributed by atoms with Crippen LogP contribution in [0.5, 0.6) is 5.75 Å². The van der Waals surface area contributed by atoms with E-state index in [1.807, 2.05) is 57.2 Å². The molecule has 1 atom stereocenters. The number of amides is 1. The van der Waals surface area contributed by atoms with E-state index in [1.165, 1.54) is 18.2 Å². The van der Waals surface area contributed by atoms with Crippen molar-refractivity contribution in [2.24, 2.45) is 0 Å². The lowest BCUT2D eigenvalue weighted by Crippen LogP contribution is -2.27. The van der Waals surface area contributed by atoms with Gasteiger partial charge in [-0.05, 0) is 62.2 Å². The SMILES string of the molecule is COc1ccccc1C(C)NC(=O)c1ccc(Cl)c(S(=O)(=O)Nc2cc(C)ccc2C)c1. The molecule has 1 unspecified atom stereocenters. The molecule has 3 rings (SSSR count). The third kappa shape index (κ3) is 5.23. The molecule has 3 aromatic carbocycles. The van der Waals surface area contributed by atoms with Gasteiger partial charge in [-0.3, -0.25) is 9.52 Å². The predicted molar refractivity (Wildman–Crippen MR) is 127 cm³/mol. The number of para-hydroxylation sites is 1. The fraction of sp³-hybridized carbons (Fsp3) is 0.208. The van der Waals surface area contributed by atoms with Gasteiger partial charge in [0.2, 0.25) is 0 Å². The van der Waals surface area contributed by atoms with Crippen LogP contribution < -0.4 is 14.8 Å². The van der Waals surface area contributed by atoms with Crippen molar-refractivity contribution < 1.29 is 17.9 Å². The summed E-state index contributed by atoms with van der Waals surface area (Å²) in [6.45, 7) is 5.51. The third-order valence-electron chi connectivity index (χ3n) is 5.07. The number of hydrogen-bond donors (Lipinski definition) is 2. The first kappa shape index (κ1) is 23.6. The second-order valence-corrected chi connectivity index (χ2v) is 9.56. The molecular formula is C24H25ClN2O4S. The molecule has 0 saturated carbocycles. The van der Waals surface area contributed by atoms with Crippen molar-refractivity contribution in [3.05, 3.63) is 87.9 Å². The van der Waals surface area contributed by atoms with Crippen molar-refractivity contribution in [2.45, 2.75) is 31.7 Å². The van der Waals surface area contributed by atoms with Gasteiger partial charge in [-0.1, -0.05) is 41.9 Å². The molecule has 1 amide bonds. The highest BCUT2D eigenvalue weighted by Gasteiger charge is 2.22. The van der Waals surface area contributed by atoms with E-state index in [2.05, 4.69) is 10.0 Å². The zero-order valence-corrected chi connectivity index (χ0v) is 19.8. The first-order valence-electron chi connectivity index (χ1n) is 9.96. The van der Waals surface area contributed by atoms with Crippen molar-refractivity contribution in [2.75, 3.05) is 11.8 Å². The Morgan fingerprint density at radius 2 is 1.75 bits per heavy atom. The van der Waals surface area contributed by atoms with E-state index in [0.717, 1.165) is 16.7 Å². The summed E-state index contributed by atoms with van der Waals surface area (Å²) >= 11 is 6.20. The topological polar surface area (TPSA) is 84.5 Å². The van der Waals surface area contributed by atoms with E-state index in [1.54, 1.807) is 13.2 Å². The minimum atomic E-state index is -4.01. The molecule has 0 aliphatic heterocycles. The van der Waals surface area contributed by atoms with E-state index >= 15 is 0 Å². The van der Waals surface area contributed by atoms with Crippen LogP contribution in [0.4, 0.5) is 5.69 Å². The molecule has 0 aliphatic carbocycles. The Kier molecular flexibility index (Phi) is 7.11. The summed E-state index contributed by atoms with van der Waals surface area (Å²) in [5, 5.41) is 2.90. The minimum Gasteiger partial charge on any atom is -0.496 e. The Bertz CT molecular complexity index is 1260. The molecule has 0 aliphatic rings. The van der Waals surface area contributed by atoms with Crippen molar-refractivity contribution in [1.29, 1.82) is 0 Å². The number of methoxy groups -OCH3 is 1. The van der Waals surface area contributed by atoms with Crippen LogP contribution in [0.1, 0.15) is 40.0 Å². The van der Waals surface area contributed by atoms with Crippen LogP contribution in [0.25, 0.3) is 0 Å². The van der Waals surface area contributed by atoms with Gasteiger partial charge in [0.15, 0.2) is 0 Å².